The number of imidazole rings is 1. The smallest absolute Gasteiger partial charge is 0.406 e. The number of amides is 2. The van der Waals surface area contributed by atoms with E-state index in [2.05, 4.69) is 39.3 Å². The third-order valence-electron chi connectivity index (χ3n) is 6.67. The number of carbonyl (C=O) groups is 2. The lowest BCUT2D eigenvalue weighted by Crippen LogP contribution is -2.48. The van der Waals surface area contributed by atoms with Crippen LogP contribution in [0, 0.1) is 17.8 Å². The molecule has 8 nitrogen and oxygen atoms in total. The van der Waals surface area contributed by atoms with Crippen molar-refractivity contribution in [1.29, 1.82) is 0 Å². The number of nitrogens with one attached hydrogen (secondary N) is 2. The Morgan fingerprint density at radius 1 is 1.18 bits per heavy atom. The van der Waals surface area contributed by atoms with Crippen molar-refractivity contribution < 1.29 is 27.5 Å². The number of alkyl halides is 3. The molecule has 0 saturated carbocycles. The lowest BCUT2D eigenvalue weighted by Gasteiger charge is -2.35. The standard InChI is InChI=1S/C28H30F3N5O3/c1-18-15-35(2)12-10-22(18)34-27(38)21-13-19(14-23-25(21)33-17-36(23)16-28(29,30)31)7-6-11-32-26(37)20-8-4-5-9-24(20)39-3/h4-5,8-9,13-14,17-18,22H,10-12,15-16H2,1-3H3,(H,32,37)(H,34,38)/t18-,22-/m0/s1. The average molecular weight is 542 g/mol. The summed E-state index contributed by atoms with van der Waals surface area (Å²) in [6.07, 6.45) is -2.62. The second kappa shape index (κ2) is 11.8. The third-order valence-corrected chi connectivity index (χ3v) is 6.67. The highest BCUT2D eigenvalue weighted by Crippen LogP contribution is 2.25. The number of carbonyl (C=O) groups excluding carboxylic acids is 2. The van der Waals surface area contributed by atoms with Gasteiger partial charge in [-0.25, -0.2) is 4.98 Å². The Labute approximate surface area is 224 Å². The minimum atomic E-state index is -4.47. The van der Waals surface area contributed by atoms with Crippen LogP contribution in [0.15, 0.2) is 42.7 Å². The Kier molecular flexibility index (Phi) is 8.45. The summed E-state index contributed by atoms with van der Waals surface area (Å²) in [6, 6.07) is 9.67. The van der Waals surface area contributed by atoms with Gasteiger partial charge in [0.05, 0.1) is 36.6 Å². The fraction of sp³-hybridized carbons (Fsp3) is 0.393. The Bertz CT molecular complexity index is 1420. The first kappa shape index (κ1) is 28.0. The van der Waals surface area contributed by atoms with Gasteiger partial charge in [-0.1, -0.05) is 30.9 Å². The summed E-state index contributed by atoms with van der Waals surface area (Å²) in [5.74, 6) is 5.51. The van der Waals surface area contributed by atoms with Gasteiger partial charge in [0, 0.05) is 18.2 Å². The number of likely N-dealkylation sites (tertiary alicyclic amines) is 1. The Hall–Kier alpha value is -4.04. The van der Waals surface area contributed by atoms with Gasteiger partial charge < -0.3 is 24.8 Å². The molecule has 2 aromatic carbocycles. The van der Waals surface area contributed by atoms with E-state index in [-0.39, 0.29) is 41.0 Å². The topological polar surface area (TPSA) is 88.5 Å². The number of fused-ring (bicyclic) bond motifs is 1. The van der Waals surface area contributed by atoms with Crippen LogP contribution >= 0.6 is 0 Å². The van der Waals surface area contributed by atoms with E-state index in [1.807, 2.05) is 7.05 Å². The van der Waals surface area contributed by atoms with Crippen LogP contribution in [-0.4, -0.2) is 72.3 Å². The van der Waals surface area contributed by atoms with Gasteiger partial charge in [-0.2, -0.15) is 13.2 Å². The van der Waals surface area contributed by atoms with Crippen LogP contribution in [0.1, 0.15) is 39.6 Å². The molecule has 3 aromatic rings. The van der Waals surface area contributed by atoms with E-state index in [1.165, 1.54) is 19.2 Å². The van der Waals surface area contributed by atoms with Crippen molar-refractivity contribution in [2.24, 2.45) is 5.92 Å². The molecule has 1 fully saturated rings. The summed E-state index contributed by atoms with van der Waals surface area (Å²) in [4.78, 5) is 32.1. The van der Waals surface area contributed by atoms with Crippen LogP contribution in [0.4, 0.5) is 13.2 Å². The van der Waals surface area contributed by atoms with Gasteiger partial charge in [0.15, 0.2) is 0 Å². The zero-order chi connectivity index (χ0) is 28.2. The van der Waals surface area contributed by atoms with Crippen LogP contribution < -0.4 is 15.4 Å². The quantitative estimate of drug-likeness (QED) is 0.467. The molecule has 39 heavy (non-hydrogen) atoms. The number of para-hydroxylation sites is 1. The van der Waals surface area contributed by atoms with Gasteiger partial charge in [0.1, 0.15) is 17.8 Å². The van der Waals surface area contributed by atoms with Crippen molar-refractivity contribution in [2.45, 2.75) is 32.1 Å². The van der Waals surface area contributed by atoms with Crippen molar-refractivity contribution in [3.05, 3.63) is 59.4 Å². The molecule has 1 aromatic heterocycles. The van der Waals surface area contributed by atoms with Gasteiger partial charge in [-0.3, -0.25) is 9.59 Å². The molecule has 1 aliphatic heterocycles. The van der Waals surface area contributed by atoms with Gasteiger partial charge in [0.2, 0.25) is 0 Å². The SMILES string of the molecule is COc1ccccc1C(=O)NCC#Cc1cc(C(=O)N[C@H]2CCN(C)C[C@@H]2C)c2ncn(CC(F)(F)F)c2c1. The van der Waals surface area contributed by atoms with Gasteiger partial charge in [-0.05, 0) is 50.2 Å². The fourth-order valence-corrected chi connectivity index (χ4v) is 4.74. The second-order valence-corrected chi connectivity index (χ2v) is 9.67. The molecule has 0 unspecified atom stereocenters. The predicted molar refractivity (Wildman–Crippen MR) is 141 cm³/mol. The number of ether oxygens (including phenoxy) is 1. The summed E-state index contributed by atoms with van der Waals surface area (Å²) in [7, 11) is 3.49. The molecule has 2 heterocycles. The van der Waals surface area contributed by atoms with E-state index in [4.69, 9.17) is 4.74 Å². The number of rotatable bonds is 6. The average Bonchev–Trinajstić information content (AvgIpc) is 3.28. The molecule has 11 heteroatoms. The highest BCUT2D eigenvalue weighted by Gasteiger charge is 2.30. The van der Waals surface area contributed by atoms with Crippen LogP contribution in [0.2, 0.25) is 0 Å². The number of methoxy groups -OCH3 is 1. The summed E-state index contributed by atoms with van der Waals surface area (Å²) in [5.41, 5.74) is 1.16. The van der Waals surface area contributed by atoms with Crippen molar-refractivity contribution >= 4 is 22.8 Å². The summed E-state index contributed by atoms with van der Waals surface area (Å²) in [5, 5.41) is 5.72. The van der Waals surface area contributed by atoms with E-state index >= 15 is 0 Å². The van der Waals surface area contributed by atoms with Crippen LogP contribution in [-0.2, 0) is 6.54 Å². The molecule has 1 aliphatic rings. The maximum Gasteiger partial charge on any atom is 0.406 e. The monoisotopic (exact) mass is 541 g/mol. The number of hydrogen-bond donors (Lipinski definition) is 2. The van der Waals surface area contributed by atoms with E-state index in [0.717, 1.165) is 30.4 Å². The van der Waals surface area contributed by atoms with E-state index in [1.54, 1.807) is 24.3 Å². The maximum atomic E-state index is 13.3. The largest absolute Gasteiger partial charge is 0.496 e. The Morgan fingerprint density at radius 3 is 2.67 bits per heavy atom. The molecule has 206 valence electrons. The van der Waals surface area contributed by atoms with Crippen molar-refractivity contribution in [3.63, 3.8) is 0 Å². The van der Waals surface area contributed by atoms with E-state index in [9.17, 15) is 22.8 Å². The lowest BCUT2D eigenvalue weighted by atomic mass is 9.93. The number of piperidine rings is 1. The summed E-state index contributed by atoms with van der Waals surface area (Å²) >= 11 is 0. The number of hydrogen-bond acceptors (Lipinski definition) is 5. The second-order valence-electron chi connectivity index (χ2n) is 9.67. The van der Waals surface area contributed by atoms with E-state index in [0.29, 0.717) is 16.9 Å². The number of benzene rings is 2. The zero-order valence-corrected chi connectivity index (χ0v) is 21.9. The minimum Gasteiger partial charge on any atom is -0.496 e. The number of nitrogens with zero attached hydrogens (tertiary/aromatic N) is 3. The number of halogens is 3. The Morgan fingerprint density at radius 2 is 1.95 bits per heavy atom. The van der Waals surface area contributed by atoms with Crippen LogP contribution in [0.25, 0.3) is 11.0 Å². The summed E-state index contributed by atoms with van der Waals surface area (Å²) in [6.45, 7) is 2.44. The molecule has 2 N–H and O–H groups in total. The summed E-state index contributed by atoms with van der Waals surface area (Å²) < 4.78 is 45.8. The first-order valence-corrected chi connectivity index (χ1v) is 12.5. The molecule has 2 amide bonds. The third kappa shape index (κ3) is 6.89. The van der Waals surface area contributed by atoms with Gasteiger partial charge in [-0.15, -0.1) is 0 Å². The molecule has 0 aliphatic carbocycles. The fourth-order valence-electron chi connectivity index (χ4n) is 4.74. The van der Waals surface area contributed by atoms with Crippen molar-refractivity contribution in [1.82, 2.24) is 25.1 Å². The molecular weight excluding hydrogens is 511 g/mol. The first-order chi connectivity index (χ1) is 18.6. The van der Waals surface area contributed by atoms with Gasteiger partial charge in [0.25, 0.3) is 11.8 Å². The van der Waals surface area contributed by atoms with E-state index < -0.39 is 18.6 Å². The normalized spacial score (nSPS) is 17.8. The van der Waals surface area contributed by atoms with Crippen LogP contribution in [0.5, 0.6) is 5.75 Å². The molecule has 4 rings (SSSR count). The van der Waals surface area contributed by atoms with Crippen molar-refractivity contribution in [2.75, 3.05) is 33.8 Å². The maximum absolute atomic E-state index is 13.3. The first-order valence-electron chi connectivity index (χ1n) is 12.5. The highest BCUT2D eigenvalue weighted by molar-refractivity contribution is 6.05. The highest BCUT2D eigenvalue weighted by atomic mass is 19.4. The number of aromatic nitrogens is 2. The minimum absolute atomic E-state index is 0.0225. The molecular formula is C28H30F3N5O3. The Balaban J connectivity index is 1.59. The van der Waals surface area contributed by atoms with Crippen LogP contribution in [0.3, 0.4) is 0 Å². The zero-order valence-electron chi connectivity index (χ0n) is 21.9. The molecule has 1 saturated heterocycles. The predicted octanol–water partition coefficient (Wildman–Crippen LogP) is 3.46. The van der Waals surface area contributed by atoms with Crippen molar-refractivity contribution in [3.8, 4) is 17.6 Å². The lowest BCUT2D eigenvalue weighted by molar-refractivity contribution is -0.139. The van der Waals surface area contributed by atoms with Gasteiger partial charge >= 0.3 is 6.18 Å². The molecule has 0 bridgehead atoms. The molecule has 2 atom stereocenters. The molecule has 0 radical (unpaired) electrons. The molecule has 0 spiro atoms.